The van der Waals surface area contributed by atoms with Gasteiger partial charge in [0.2, 0.25) is 0 Å². The number of ether oxygens (including phenoxy) is 2. The number of benzene rings is 1. The number of methoxy groups -OCH3 is 1. The SMILES string of the molecule is CCNC(=NCc1ccc(CN2CCOCC2)cc1)NCC1(CCOC)CCC1.I. The number of hydrogen-bond acceptors (Lipinski definition) is 4. The van der Waals surface area contributed by atoms with Crippen molar-refractivity contribution in [2.75, 3.05) is 53.1 Å². The van der Waals surface area contributed by atoms with Crippen LogP contribution in [0.2, 0.25) is 0 Å². The summed E-state index contributed by atoms with van der Waals surface area (Å²) < 4.78 is 10.7. The molecular weight excluding hydrogens is 491 g/mol. The summed E-state index contributed by atoms with van der Waals surface area (Å²) in [6.07, 6.45) is 5.02. The molecule has 1 aromatic rings. The first kappa shape index (κ1) is 25.4. The lowest BCUT2D eigenvalue weighted by atomic mass is 9.67. The highest BCUT2D eigenvalue weighted by Crippen LogP contribution is 2.43. The monoisotopic (exact) mass is 530 g/mol. The highest BCUT2D eigenvalue weighted by Gasteiger charge is 2.36. The van der Waals surface area contributed by atoms with Gasteiger partial charge in [0.25, 0.3) is 0 Å². The molecule has 1 aromatic carbocycles. The minimum absolute atomic E-state index is 0. The lowest BCUT2D eigenvalue weighted by Crippen LogP contribution is -2.46. The van der Waals surface area contributed by atoms with Crippen LogP contribution in [0, 0.1) is 5.41 Å². The normalized spacial score (nSPS) is 18.9. The molecule has 1 saturated carbocycles. The number of nitrogens with one attached hydrogen (secondary N) is 2. The lowest BCUT2D eigenvalue weighted by Gasteiger charge is -2.42. The first-order chi connectivity index (χ1) is 14.2. The van der Waals surface area contributed by atoms with Crippen LogP contribution in [-0.2, 0) is 22.6 Å². The molecule has 2 N–H and O–H groups in total. The van der Waals surface area contributed by atoms with Gasteiger partial charge in [-0.1, -0.05) is 30.7 Å². The summed E-state index contributed by atoms with van der Waals surface area (Å²) in [6.45, 7) is 10.2. The Morgan fingerprint density at radius 3 is 2.43 bits per heavy atom. The number of rotatable bonds is 10. The van der Waals surface area contributed by atoms with Gasteiger partial charge < -0.3 is 20.1 Å². The van der Waals surface area contributed by atoms with Crippen molar-refractivity contribution in [3.63, 3.8) is 0 Å². The maximum Gasteiger partial charge on any atom is 0.191 e. The fourth-order valence-corrected chi connectivity index (χ4v) is 4.06. The van der Waals surface area contributed by atoms with Gasteiger partial charge in [0.15, 0.2) is 5.96 Å². The number of halogens is 1. The minimum atomic E-state index is 0. The highest BCUT2D eigenvalue weighted by molar-refractivity contribution is 14.0. The van der Waals surface area contributed by atoms with Crippen LogP contribution in [0.5, 0.6) is 0 Å². The lowest BCUT2D eigenvalue weighted by molar-refractivity contribution is 0.0342. The number of aliphatic imine (C=N–C) groups is 1. The smallest absolute Gasteiger partial charge is 0.191 e. The summed E-state index contributed by atoms with van der Waals surface area (Å²) in [5.41, 5.74) is 2.98. The Labute approximate surface area is 199 Å². The van der Waals surface area contributed by atoms with Crippen molar-refractivity contribution in [2.45, 2.75) is 45.7 Å². The Kier molecular flexibility index (Phi) is 11.4. The van der Waals surface area contributed by atoms with Crippen molar-refractivity contribution in [3.8, 4) is 0 Å². The molecule has 2 aliphatic rings. The maximum absolute atomic E-state index is 5.43. The van der Waals surface area contributed by atoms with Crippen molar-refractivity contribution in [1.29, 1.82) is 0 Å². The van der Waals surface area contributed by atoms with Crippen LogP contribution < -0.4 is 10.6 Å². The Bertz CT molecular complexity index is 629. The third kappa shape index (κ3) is 7.98. The minimum Gasteiger partial charge on any atom is -0.385 e. The van der Waals surface area contributed by atoms with Crippen LogP contribution in [0.15, 0.2) is 29.3 Å². The first-order valence-electron chi connectivity index (χ1n) is 11.1. The molecular formula is C23H39IN4O2. The fraction of sp³-hybridized carbons (Fsp3) is 0.696. The Morgan fingerprint density at radius 2 is 1.83 bits per heavy atom. The molecule has 0 aromatic heterocycles. The average molecular weight is 530 g/mol. The third-order valence-corrected chi connectivity index (χ3v) is 6.18. The van der Waals surface area contributed by atoms with E-state index in [-0.39, 0.29) is 24.0 Å². The molecule has 0 radical (unpaired) electrons. The molecule has 7 heteroatoms. The van der Waals surface area contributed by atoms with E-state index in [1.807, 2.05) is 0 Å². The van der Waals surface area contributed by atoms with Gasteiger partial charge in [-0.3, -0.25) is 4.90 Å². The second-order valence-corrected chi connectivity index (χ2v) is 8.35. The number of guanidine groups is 1. The van der Waals surface area contributed by atoms with E-state index in [1.54, 1.807) is 7.11 Å². The van der Waals surface area contributed by atoms with Gasteiger partial charge in [0, 0.05) is 46.4 Å². The van der Waals surface area contributed by atoms with E-state index < -0.39 is 0 Å². The molecule has 6 nitrogen and oxygen atoms in total. The summed E-state index contributed by atoms with van der Waals surface area (Å²) in [7, 11) is 1.79. The highest BCUT2D eigenvalue weighted by atomic mass is 127. The van der Waals surface area contributed by atoms with Crippen LogP contribution >= 0.6 is 24.0 Å². The fourth-order valence-electron chi connectivity index (χ4n) is 4.06. The third-order valence-electron chi connectivity index (χ3n) is 6.18. The van der Waals surface area contributed by atoms with Gasteiger partial charge in [-0.25, -0.2) is 4.99 Å². The van der Waals surface area contributed by atoms with Crippen LogP contribution in [0.25, 0.3) is 0 Å². The van der Waals surface area contributed by atoms with Crippen molar-refractivity contribution < 1.29 is 9.47 Å². The summed E-state index contributed by atoms with van der Waals surface area (Å²) in [6, 6.07) is 8.87. The van der Waals surface area contributed by atoms with Gasteiger partial charge in [-0.15, -0.1) is 24.0 Å². The molecule has 0 amide bonds. The van der Waals surface area contributed by atoms with E-state index in [0.29, 0.717) is 12.0 Å². The van der Waals surface area contributed by atoms with Crippen LogP contribution in [-0.4, -0.2) is 64.0 Å². The van der Waals surface area contributed by atoms with Gasteiger partial charge in [-0.2, -0.15) is 0 Å². The van der Waals surface area contributed by atoms with E-state index in [9.17, 15) is 0 Å². The Balaban J connectivity index is 0.00000320. The molecule has 0 spiro atoms. The quantitative estimate of drug-likeness (QED) is 0.276. The second-order valence-electron chi connectivity index (χ2n) is 8.35. The van der Waals surface area contributed by atoms with Crippen LogP contribution in [0.1, 0.15) is 43.7 Å². The van der Waals surface area contributed by atoms with Crippen molar-refractivity contribution >= 4 is 29.9 Å². The molecule has 3 rings (SSSR count). The Hall–Kier alpha value is -0.900. The van der Waals surface area contributed by atoms with Gasteiger partial charge in [-0.05, 0) is 42.7 Å². The largest absolute Gasteiger partial charge is 0.385 e. The summed E-state index contributed by atoms with van der Waals surface area (Å²) in [5, 5.41) is 6.96. The van der Waals surface area contributed by atoms with Crippen molar-refractivity contribution in [1.82, 2.24) is 15.5 Å². The molecule has 170 valence electrons. The van der Waals surface area contributed by atoms with E-state index in [1.165, 1.54) is 30.4 Å². The van der Waals surface area contributed by atoms with Gasteiger partial charge in [0.1, 0.15) is 0 Å². The molecule has 1 saturated heterocycles. The molecule has 1 aliphatic heterocycles. The van der Waals surface area contributed by atoms with E-state index in [2.05, 4.69) is 46.7 Å². The number of morpholine rings is 1. The van der Waals surface area contributed by atoms with E-state index in [0.717, 1.165) is 64.9 Å². The zero-order valence-electron chi connectivity index (χ0n) is 18.6. The first-order valence-corrected chi connectivity index (χ1v) is 11.1. The predicted molar refractivity (Wildman–Crippen MR) is 134 cm³/mol. The predicted octanol–water partition coefficient (Wildman–Crippen LogP) is 3.40. The molecule has 2 fully saturated rings. The molecule has 0 unspecified atom stereocenters. The standard InChI is InChI=1S/C23H38N4O2.HI/c1-3-24-22(26-19-23(9-4-10-23)11-14-28-2)25-17-20-5-7-21(8-6-20)18-27-12-15-29-16-13-27;/h5-8H,3-4,9-19H2,1-2H3,(H2,24,25,26);1H. The van der Waals surface area contributed by atoms with Gasteiger partial charge in [0.05, 0.1) is 19.8 Å². The van der Waals surface area contributed by atoms with Crippen LogP contribution in [0.3, 0.4) is 0 Å². The number of nitrogens with zero attached hydrogens (tertiary/aromatic N) is 2. The molecule has 0 bridgehead atoms. The summed E-state index contributed by atoms with van der Waals surface area (Å²) >= 11 is 0. The molecule has 0 atom stereocenters. The molecule has 30 heavy (non-hydrogen) atoms. The topological polar surface area (TPSA) is 58.1 Å². The summed E-state index contributed by atoms with van der Waals surface area (Å²) in [5.74, 6) is 0.911. The average Bonchev–Trinajstić information content (AvgIpc) is 2.72. The summed E-state index contributed by atoms with van der Waals surface area (Å²) in [4.78, 5) is 7.26. The zero-order chi connectivity index (χ0) is 20.4. The van der Waals surface area contributed by atoms with Crippen molar-refractivity contribution in [2.24, 2.45) is 10.4 Å². The van der Waals surface area contributed by atoms with E-state index >= 15 is 0 Å². The Morgan fingerprint density at radius 1 is 1.13 bits per heavy atom. The number of hydrogen-bond donors (Lipinski definition) is 2. The molecule has 1 aliphatic carbocycles. The van der Waals surface area contributed by atoms with E-state index in [4.69, 9.17) is 14.5 Å². The second kappa shape index (κ2) is 13.5. The van der Waals surface area contributed by atoms with Gasteiger partial charge >= 0.3 is 0 Å². The van der Waals surface area contributed by atoms with Crippen LogP contribution in [0.4, 0.5) is 0 Å². The van der Waals surface area contributed by atoms with Crippen molar-refractivity contribution in [3.05, 3.63) is 35.4 Å². The zero-order valence-corrected chi connectivity index (χ0v) is 21.0. The maximum atomic E-state index is 5.43. The molecule has 1 heterocycles.